The van der Waals surface area contributed by atoms with Crippen LogP contribution in [-0.4, -0.2) is 38.6 Å². The Bertz CT molecular complexity index is 896. The van der Waals surface area contributed by atoms with E-state index in [1.807, 2.05) is 0 Å². The lowest BCUT2D eigenvalue weighted by Gasteiger charge is -2.15. The van der Waals surface area contributed by atoms with Crippen molar-refractivity contribution in [3.05, 3.63) is 47.0 Å². The molecular formula is C15H14N4O4. The number of likely N-dealkylation sites (tertiary alicyclic amines) is 1. The van der Waals surface area contributed by atoms with Gasteiger partial charge in [-0.2, -0.15) is 4.98 Å². The summed E-state index contributed by atoms with van der Waals surface area (Å²) in [4.78, 5) is 30.2. The third-order valence-electron chi connectivity index (χ3n) is 4.15. The number of amides is 1. The maximum atomic E-state index is 12.5. The molecule has 0 radical (unpaired) electrons. The summed E-state index contributed by atoms with van der Waals surface area (Å²) in [6, 6.07) is 7.06. The van der Waals surface area contributed by atoms with Crippen LogP contribution in [0.15, 0.2) is 44.4 Å². The van der Waals surface area contributed by atoms with Crippen LogP contribution < -0.4 is 5.76 Å². The van der Waals surface area contributed by atoms with E-state index < -0.39 is 5.76 Å². The fraction of sp³-hybridized carbons (Fsp3) is 0.333. The van der Waals surface area contributed by atoms with Gasteiger partial charge in [0.1, 0.15) is 6.54 Å². The number of rotatable bonds is 3. The monoisotopic (exact) mass is 314 g/mol. The van der Waals surface area contributed by atoms with E-state index in [4.69, 9.17) is 8.94 Å². The number of fused-ring (bicyclic) bond motifs is 1. The SMILES string of the molecule is O=C(Cn1c(=O)oc2ccccc21)N1CC[C@@H](c2ncon2)C1. The topological polar surface area (TPSA) is 94.4 Å². The maximum absolute atomic E-state index is 12.5. The van der Waals surface area contributed by atoms with Gasteiger partial charge in [0.15, 0.2) is 11.4 Å². The van der Waals surface area contributed by atoms with Gasteiger partial charge in [0.05, 0.1) is 5.52 Å². The minimum atomic E-state index is -0.520. The van der Waals surface area contributed by atoms with E-state index in [0.29, 0.717) is 30.0 Å². The Morgan fingerprint density at radius 3 is 3.04 bits per heavy atom. The highest BCUT2D eigenvalue weighted by Gasteiger charge is 2.30. The standard InChI is InChI=1S/C15H14N4O4/c20-13(18-6-5-10(7-18)14-16-9-22-17-14)8-19-11-3-1-2-4-12(11)23-15(19)21/h1-4,9-10H,5-8H2/t10-/m1/s1. The molecule has 0 saturated carbocycles. The highest BCUT2D eigenvalue weighted by atomic mass is 16.5. The van der Waals surface area contributed by atoms with Crippen LogP contribution in [0.3, 0.4) is 0 Å². The number of aromatic nitrogens is 3. The first-order valence-electron chi connectivity index (χ1n) is 7.35. The molecule has 8 nitrogen and oxygen atoms in total. The Morgan fingerprint density at radius 2 is 2.22 bits per heavy atom. The molecule has 4 rings (SSSR count). The molecule has 1 fully saturated rings. The second-order valence-electron chi connectivity index (χ2n) is 5.54. The average molecular weight is 314 g/mol. The fourth-order valence-corrected chi connectivity index (χ4v) is 2.96. The molecule has 8 heteroatoms. The van der Waals surface area contributed by atoms with E-state index in [2.05, 4.69) is 10.1 Å². The number of para-hydroxylation sites is 2. The normalized spacial score (nSPS) is 17.9. The van der Waals surface area contributed by atoms with Crippen molar-refractivity contribution in [1.29, 1.82) is 0 Å². The predicted molar refractivity (Wildman–Crippen MR) is 78.7 cm³/mol. The summed E-state index contributed by atoms with van der Waals surface area (Å²) in [5, 5.41) is 3.83. The van der Waals surface area contributed by atoms with Crippen molar-refractivity contribution in [2.24, 2.45) is 0 Å². The minimum absolute atomic E-state index is 0.0329. The van der Waals surface area contributed by atoms with Crippen molar-refractivity contribution in [3.63, 3.8) is 0 Å². The molecule has 1 aromatic carbocycles. The number of carbonyl (C=O) groups is 1. The Hall–Kier alpha value is -2.90. The van der Waals surface area contributed by atoms with E-state index in [1.165, 1.54) is 11.0 Å². The van der Waals surface area contributed by atoms with Gasteiger partial charge in [-0.1, -0.05) is 17.3 Å². The third kappa shape index (κ3) is 2.41. The lowest BCUT2D eigenvalue weighted by atomic mass is 10.1. The summed E-state index contributed by atoms with van der Waals surface area (Å²) in [5.41, 5.74) is 1.11. The van der Waals surface area contributed by atoms with Gasteiger partial charge in [-0.05, 0) is 18.6 Å². The Kier molecular flexibility index (Phi) is 3.22. The largest absolute Gasteiger partial charge is 0.420 e. The van der Waals surface area contributed by atoms with E-state index in [-0.39, 0.29) is 18.4 Å². The smallest absolute Gasteiger partial charge is 0.408 e. The average Bonchev–Trinajstić information content (AvgIpc) is 3.27. The van der Waals surface area contributed by atoms with Crippen molar-refractivity contribution in [1.82, 2.24) is 19.6 Å². The number of nitrogens with zero attached hydrogens (tertiary/aromatic N) is 4. The van der Waals surface area contributed by atoms with Crippen molar-refractivity contribution in [2.45, 2.75) is 18.9 Å². The Balaban J connectivity index is 1.52. The van der Waals surface area contributed by atoms with Gasteiger partial charge in [0.2, 0.25) is 12.3 Å². The van der Waals surface area contributed by atoms with Crippen LogP contribution in [0.4, 0.5) is 0 Å². The molecule has 1 aliphatic rings. The highest BCUT2D eigenvalue weighted by Crippen LogP contribution is 2.24. The summed E-state index contributed by atoms with van der Waals surface area (Å²) in [6.07, 6.45) is 2.07. The molecule has 0 aliphatic carbocycles. The minimum Gasteiger partial charge on any atom is -0.408 e. The summed E-state index contributed by atoms with van der Waals surface area (Å²) in [5.74, 6) is 0.0554. The van der Waals surface area contributed by atoms with E-state index in [0.717, 1.165) is 6.42 Å². The van der Waals surface area contributed by atoms with Crippen LogP contribution in [0.25, 0.3) is 11.1 Å². The third-order valence-corrected chi connectivity index (χ3v) is 4.15. The van der Waals surface area contributed by atoms with Crippen molar-refractivity contribution in [3.8, 4) is 0 Å². The van der Waals surface area contributed by atoms with Gasteiger partial charge >= 0.3 is 5.76 Å². The van der Waals surface area contributed by atoms with Gasteiger partial charge in [0.25, 0.3) is 0 Å². The molecule has 1 amide bonds. The van der Waals surface area contributed by atoms with Crippen LogP contribution in [-0.2, 0) is 11.3 Å². The second-order valence-corrected chi connectivity index (χ2v) is 5.54. The summed E-state index contributed by atoms with van der Waals surface area (Å²) in [7, 11) is 0. The van der Waals surface area contributed by atoms with Crippen LogP contribution in [0.5, 0.6) is 0 Å². The molecular weight excluding hydrogens is 300 g/mol. The van der Waals surface area contributed by atoms with Gasteiger partial charge in [-0.15, -0.1) is 0 Å². The molecule has 3 heterocycles. The fourth-order valence-electron chi connectivity index (χ4n) is 2.96. The van der Waals surface area contributed by atoms with Crippen LogP contribution in [0, 0.1) is 0 Å². The van der Waals surface area contributed by atoms with Crippen molar-refractivity contribution >= 4 is 17.0 Å². The zero-order valence-electron chi connectivity index (χ0n) is 12.2. The predicted octanol–water partition coefficient (Wildman–Crippen LogP) is 0.994. The second kappa shape index (κ2) is 5.38. The Labute approximate surface area is 130 Å². The highest BCUT2D eigenvalue weighted by molar-refractivity contribution is 5.79. The molecule has 1 saturated heterocycles. The van der Waals surface area contributed by atoms with E-state index in [9.17, 15) is 9.59 Å². The molecule has 118 valence electrons. The first-order chi connectivity index (χ1) is 11.2. The first-order valence-corrected chi connectivity index (χ1v) is 7.35. The number of carbonyl (C=O) groups excluding carboxylic acids is 1. The molecule has 0 bridgehead atoms. The number of oxazole rings is 1. The van der Waals surface area contributed by atoms with Gasteiger partial charge in [-0.25, -0.2) is 4.79 Å². The molecule has 3 aromatic rings. The van der Waals surface area contributed by atoms with E-state index in [1.54, 1.807) is 29.2 Å². The zero-order valence-corrected chi connectivity index (χ0v) is 12.2. The number of benzene rings is 1. The van der Waals surface area contributed by atoms with Crippen LogP contribution in [0.2, 0.25) is 0 Å². The lowest BCUT2D eigenvalue weighted by molar-refractivity contribution is -0.130. The summed E-state index contributed by atoms with van der Waals surface area (Å²) in [6.45, 7) is 1.11. The van der Waals surface area contributed by atoms with Crippen LogP contribution in [0.1, 0.15) is 18.2 Å². The first kappa shape index (κ1) is 13.7. The molecule has 1 aliphatic heterocycles. The summed E-state index contributed by atoms with van der Waals surface area (Å²) >= 11 is 0. The van der Waals surface area contributed by atoms with Gasteiger partial charge in [0, 0.05) is 19.0 Å². The Morgan fingerprint density at radius 1 is 1.35 bits per heavy atom. The molecule has 2 aromatic heterocycles. The number of hydrogen-bond donors (Lipinski definition) is 0. The molecule has 1 atom stereocenters. The molecule has 0 N–H and O–H groups in total. The number of hydrogen-bond acceptors (Lipinski definition) is 6. The molecule has 0 unspecified atom stereocenters. The summed E-state index contributed by atoms with van der Waals surface area (Å²) < 4.78 is 11.3. The van der Waals surface area contributed by atoms with Crippen LogP contribution >= 0.6 is 0 Å². The van der Waals surface area contributed by atoms with E-state index >= 15 is 0 Å². The van der Waals surface area contributed by atoms with Gasteiger partial charge < -0.3 is 13.8 Å². The quantitative estimate of drug-likeness (QED) is 0.715. The lowest BCUT2D eigenvalue weighted by Crippen LogP contribution is -2.34. The van der Waals surface area contributed by atoms with Crippen molar-refractivity contribution in [2.75, 3.05) is 13.1 Å². The van der Waals surface area contributed by atoms with Gasteiger partial charge in [-0.3, -0.25) is 9.36 Å². The molecule has 0 spiro atoms. The maximum Gasteiger partial charge on any atom is 0.420 e. The van der Waals surface area contributed by atoms with Crippen molar-refractivity contribution < 1.29 is 13.7 Å². The zero-order chi connectivity index (χ0) is 15.8. The molecule has 23 heavy (non-hydrogen) atoms.